The Hall–Kier alpha value is -1.73. The first-order valence-electron chi connectivity index (χ1n) is 8.50. The van der Waals surface area contributed by atoms with Gasteiger partial charge in [0.25, 0.3) is 0 Å². The van der Waals surface area contributed by atoms with Gasteiger partial charge < -0.3 is 10.1 Å². The Bertz CT molecular complexity index is 607. The van der Waals surface area contributed by atoms with E-state index in [1.54, 1.807) is 0 Å². The fourth-order valence-electron chi connectivity index (χ4n) is 3.22. The molecule has 2 aromatic heterocycles. The predicted octanol–water partition coefficient (Wildman–Crippen LogP) is 1.63. The molecule has 0 amide bonds. The molecule has 2 aromatic rings. The average molecular weight is 318 g/mol. The number of ether oxygens (including phenoxy) is 1. The summed E-state index contributed by atoms with van der Waals surface area (Å²) in [6, 6.07) is 2.09. The first kappa shape index (κ1) is 16.1. The van der Waals surface area contributed by atoms with Gasteiger partial charge in [0.05, 0.1) is 5.69 Å². The molecule has 1 saturated heterocycles. The van der Waals surface area contributed by atoms with E-state index in [-0.39, 0.29) is 6.10 Å². The Morgan fingerprint density at radius 1 is 1.48 bits per heavy atom. The number of nitrogens with zero attached hydrogens (tertiary/aromatic N) is 4. The van der Waals surface area contributed by atoms with Crippen LogP contribution in [0.4, 0.5) is 0 Å². The van der Waals surface area contributed by atoms with E-state index in [0.717, 1.165) is 50.7 Å². The lowest BCUT2D eigenvalue weighted by Crippen LogP contribution is -2.34. The van der Waals surface area contributed by atoms with Crippen molar-refractivity contribution in [3.05, 3.63) is 29.6 Å². The van der Waals surface area contributed by atoms with Gasteiger partial charge in [-0.3, -0.25) is 9.78 Å². The van der Waals surface area contributed by atoms with Gasteiger partial charge in [-0.15, -0.1) is 0 Å². The fourth-order valence-corrected chi connectivity index (χ4v) is 3.22. The summed E-state index contributed by atoms with van der Waals surface area (Å²) in [5.41, 5.74) is 1.20. The molecule has 2 atom stereocenters. The van der Waals surface area contributed by atoms with Crippen LogP contribution in [-0.4, -0.2) is 44.7 Å². The van der Waals surface area contributed by atoms with Crippen molar-refractivity contribution in [3.8, 4) is 0 Å². The molecule has 2 N–H and O–H groups in total. The molecular formula is C16H26N6O. The predicted molar refractivity (Wildman–Crippen MR) is 87.0 cm³/mol. The minimum Gasteiger partial charge on any atom is -0.372 e. The van der Waals surface area contributed by atoms with Crippen LogP contribution < -0.4 is 5.32 Å². The number of hydrogen-bond donors (Lipinski definition) is 2. The van der Waals surface area contributed by atoms with Crippen LogP contribution in [0.3, 0.4) is 0 Å². The summed E-state index contributed by atoms with van der Waals surface area (Å²) in [4.78, 5) is 4.33. The zero-order chi connectivity index (χ0) is 16.1. The molecule has 3 rings (SSSR count). The molecule has 3 heterocycles. The fraction of sp³-hybridized carbons (Fsp3) is 0.688. The third-order valence-corrected chi connectivity index (χ3v) is 4.36. The van der Waals surface area contributed by atoms with Gasteiger partial charge in [-0.05, 0) is 32.8 Å². The van der Waals surface area contributed by atoms with Gasteiger partial charge in [0.15, 0.2) is 5.82 Å². The maximum Gasteiger partial charge on any atom is 0.151 e. The number of nitrogens with one attached hydrogen (secondary N) is 2. The van der Waals surface area contributed by atoms with Crippen LogP contribution in [-0.2, 0) is 17.7 Å². The lowest BCUT2D eigenvalue weighted by Gasteiger charge is -2.32. The quantitative estimate of drug-likeness (QED) is 0.758. The molecule has 1 aliphatic heterocycles. The van der Waals surface area contributed by atoms with Crippen LogP contribution in [0.1, 0.15) is 43.2 Å². The summed E-state index contributed by atoms with van der Waals surface area (Å²) in [7, 11) is 0. The molecule has 0 unspecified atom stereocenters. The zero-order valence-corrected chi connectivity index (χ0v) is 14.0. The second-order valence-electron chi connectivity index (χ2n) is 6.06. The molecule has 0 saturated carbocycles. The Morgan fingerprint density at radius 2 is 2.39 bits per heavy atom. The van der Waals surface area contributed by atoms with Crippen LogP contribution in [0, 0.1) is 12.8 Å². The molecule has 1 fully saturated rings. The van der Waals surface area contributed by atoms with Gasteiger partial charge in [0.1, 0.15) is 11.9 Å². The Labute approximate surface area is 136 Å². The number of rotatable bonds is 7. The van der Waals surface area contributed by atoms with Gasteiger partial charge in [0.2, 0.25) is 0 Å². The molecule has 1 aliphatic rings. The summed E-state index contributed by atoms with van der Waals surface area (Å²) >= 11 is 0. The smallest absolute Gasteiger partial charge is 0.151 e. The Balaban J connectivity index is 1.52. The van der Waals surface area contributed by atoms with E-state index >= 15 is 0 Å². The van der Waals surface area contributed by atoms with Crippen molar-refractivity contribution < 1.29 is 4.74 Å². The number of aryl methyl sites for hydroxylation is 2. The number of H-pyrrole nitrogens is 1. The van der Waals surface area contributed by atoms with Crippen LogP contribution in [0.2, 0.25) is 0 Å². The first-order chi connectivity index (χ1) is 11.3. The summed E-state index contributed by atoms with van der Waals surface area (Å²) < 4.78 is 8.11. The maximum absolute atomic E-state index is 6.07. The highest BCUT2D eigenvalue weighted by Crippen LogP contribution is 2.33. The van der Waals surface area contributed by atoms with Crippen molar-refractivity contribution in [1.29, 1.82) is 0 Å². The highest BCUT2D eigenvalue weighted by atomic mass is 16.5. The number of aromatic amines is 1. The third-order valence-electron chi connectivity index (χ3n) is 4.36. The van der Waals surface area contributed by atoms with Crippen molar-refractivity contribution in [1.82, 2.24) is 30.3 Å². The molecule has 23 heavy (non-hydrogen) atoms. The van der Waals surface area contributed by atoms with E-state index in [9.17, 15) is 0 Å². The van der Waals surface area contributed by atoms with Gasteiger partial charge in [-0.1, -0.05) is 0 Å². The second-order valence-corrected chi connectivity index (χ2v) is 6.06. The van der Waals surface area contributed by atoms with Crippen molar-refractivity contribution >= 4 is 0 Å². The monoisotopic (exact) mass is 318 g/mol. The molecular weight excluding hydrogens is 292 g/mol. The number of aromatic nitrogens is 5. The van der Waals surface area contributed by atoms with Crippen molar-refractivity contribution in [2.45, 2.75) is 45.8 Å². The van der Waals surface area contributed by atoms with E-state index in [1.165, 1.54) is 12.1 Å². The molecule has 0 aromatic carbocycles. The van der Waals surface area contributed by atoms with Crippen molar-refractivity contribution in [2.75, 3.05) is 19.7 Å². The molecule has 0 aliphatic carbocycles. The summed E-state index contributed by atoms with van der Waals surface area (Å²) in [5.74, 6) is 2.23. The van der Waals surface area contributed by atoms with E-state index in [4.69, 9.17) is 4.74 Å². The lowest BCUT2D eigenvalue weighted by molar-refractivity contribution is -0.0326. The molecule has 7 heteroatoms. The van der Waals surface area contributed by atoms with Crippen LogP contribution in [0.15, 0.2) is 12.3 Å². The van der Waals surface area contributed by atoms with Gasteiger partial charge >= 0.3 is 0 Å². The van der Waals surface area contributed by atoms with Crippen molar-refractivity contribution in [3.63, 3.8) is 0 Å². The van der Waals surface area contributed by atoms with Gasteiger partial charge in [-0.25, -0.2) is 4.98 Å². The summed E-state index contributed by atoms with van der Waals surface area (Å²) in [5, 5.41) is 15.0. The minimum atomic E-state index is 0.143. The highest BCUT2D eigenvalue weighted by molar-refractivity contribution is 5.07. The van der Waals surface area contributed by atoms with E-state index < -0.39 is 0 Å². The molecule has 7 nitrogen and oxygen atoms in total. The molecule has 0 radical (unpaired) electrons. The topological polar surface area (TPSA) is 80.6 Å². The van der Waals surface area contributed by atoms with E-state index in [1.807, 2.05) is 17.8 Å². The largest absolute Gasteiger partial charge is 0.372 e. The van der Waals surface area contributed by atoms with E-state index in [0.29, 0.717) is 5.92 Å². The lowest BCUT2D eigenvalue weighted by atomic mass is 9.92. The Kier molecular flexibility index (Phi) is 5.40. The van der Waals surface area contributed by atoms with Crippen molar-refractivity contribution in [2.24, 2.45) is 5.92 Å². The van der Waals surface area contributed by atoms with Gasteiger partial charge in [0, 0.05) is 44.8 Å². The second kappa shape index (κ2) is 7.70. The Morgan fingerprint density at radius 3 is 3.17 bits per heavy atom. The molecule has 126 valence electrons. The van der Waals surface area contributed by atoms with Crippen LogP contribution in [0.25, 0.3) is 0 Å². The highest BCUT2D eigenvalue weighted by Gasteiger charge is 2.29. The molecule has 0 bridgehead atoms. The zero-order valence-electron chi connectivity index (χ0n) is 14.0. The minimum absolute atomic E-state index is 0.143. The normalized spacial score (nSPS) is 21.7. The van der Waals surface area contributed by atoms with Crippen LogP contribution >= 0.6 is 0 Å². The van der Waals surface area contributed by atoms with E-state index in [2.05, 4.69) is 38.6 Å². The first-order valence-corrected chi connectivity index (χ1v) is 8.50. The molecule has 0 spiro atoms. The van der Waals surface area contributed by atoms with Gasteiger partial charge in [-0.2, -0.15) is 10.2 Å². The average Bonchev–Trinajstić information content (AvgIpc) is 3.20. The third kappa shape index (κ3) is 3.97. The summed E-state index contributed by atoms with van der Waals surface area (Å²) in [6.07, 6.45) is 5.17. The van der Waals surface area contributed by atoms with Crippen LogP contribution in [0.5, 0.6) is 0 Å². The number of hydrogen-bond acceptors (Lipinski definition) is 5. The standard InChI is InChI=1S/C16H26N6O/c1-3-22-14(6-9-18-22)16-13(5-4-10-23-16)11-17-8-7-15-19-12(2)20-21-15/h6,9,13,16-17H,3-5,7-8,10-11H2,1-2H3,(H,19,20,21)/t13-,16+/m0/s1. The summed E-state index contributed by atoms with van der Waals surface area (Å²) in [6.45, 7) is 7.59. The maximum atomic E-state index is 6.07. The SMILES string of the molecule is CCn1nccc1[C@@H]1OCCC[C@H]1CNCCc1n[nH]c(C)n1.